The molecule has 2 aliphatic heterocycles. The van der Waals surface area contributed by atoms with Gasteiger partial charge in [-0.2, -0.15) is 5.26 Å². The maximum absolute atomic E-state index is 12.9. The third-order valence-corrected chi connectivity index (χ3v) is 4.43. The molecule has 0 spiro atoms. The number of benzene rings is 1. The second kappa shape index (κ2) is 7.83. The largest absolute Gasteiger partial charge is 0.340 e. The molecule has 0 aliphatic carbocycles. The Morgan fingerprint density at radius 2 is 2.08 bits per heavy atom. The van der Waals surface area contributed by atoms with Crippen molar-refractivity contribution in [2.24, 2.45) is 4.99 Å². The molecule has 1 aromatic carbocycles. The van der Waals surface area contributed by atoms with Crippen LogP contribution in [0.15, 0.2) is 29.3 Å². The maximum atomic E-state index is 12.9. The molecular formula is C19H21N5O. The summed E-state index contributed by atoms with van der Waals surface area (Å²) in [4.78, 5) is 21.4. The van der Waals surface area contributed by atoms with Crippen LogP contribution in [0.2, 0.25) is 0 Å². The molecule has 1 aromatic rings. The molecule has 1 N–H and O–H groups in total. The minimum Gasteiger partial charge on any atom is -0.340 e. The van der Waals surface area contributed by atoms with E-state index in [4.69, 9.17) is 4.99 Å². The molecule has 0 saturated carbocycles. The van der Waals surface area contributed by atoms with Crippen molar-refractivity contribution < 1.29 is 4.79 Å². The Kier molecular flexibility index (Phi) is 5.33. The minimum absolute atomic E-state index is 0.0379. The average molecular weight is 335 g/mol. The molecule has 0 aromatic heterocycles. The molecule has 25 heavy (non-hydrogen) atoms. The first-order chi connectivity index (χ1) is 12.2. The topological polar surface area (TPSA) is 71.7 Å². The molecule has 1 atom stereocenters. The van der Waals surface area contributed by atoms with Gasteiger partial charge < -0.3 is 10.2 Å². The van der Waals surface area contributed by atoms with Crippen molar-refractivity contribution in [3.8, 4) is 17.9 Å². The number of nitriles is 1. The van der Waals surface area contributed by atoms with Gasteiger partial charge in [-0.15, -0.1) is 5.92 Å². The van der Waals surface area contributed by atoms with E-state index in [-0.39, 0.29) is 5.91 Å². The number of aliphatic imine (C=N–C) groups is 1. The van der Waals surface area contributed by atoms with Crippen molar-refractivity contribution >= 4 is 11.9 Å². The molecule has 3 rings (SSSR count). The Morgan fingerprint density at radius 3 is 2.80 bits per heavy atom. The smallest absolute Gasteiger partial charge is 0.255 e. The lowest BCUT2D eigenvalue weighted by molar-refractivity contribution is -0.127. The van der Waals surface area contributed by atoms with E-state index in [2.05, 4.69) is 28.1 Å². The molecule has 2 aliphatic rings. The van der Waals surface area contributed by atoms with Crippen molar-refractivity contribution in [1.29, 1.82) is 5.26 Å². The van der Waals surface area contributed by atoms with Gasteiger partial charge in [0.15, 0.2) is 0 Å². The molecule has 1 unspecified atom stereocenters. The number of nitrogens with one attached hydrogen (secondary N) is 1. The summed E-state index contributed by atoms with van der Waals surface area (Å²) < 4.78 is 0. The highest BCUT2D eigenvalue weighted by molar-refractivity contribution is 6.05. The summed E-state index contributed by atoms with van der Waals surface area (Å²) in [5.41, 5.74) is 1.45. The van der Waals surface area contributed by atoms with Gasteiger partial charge in [0.05, 0.1) is 18.2 Å². The molecule has 0 radical (unpaired) electrons. The maximum Gasteiger partial charge on any atom is 0.255 e. The molecule has 128 valence electrons. The van der Waals surface area contributed by atoms with Crippen molar-refractivity contribution in [1.82, 2.24) is 15.1 Å². The van der Waals surface area contributed by atoms with Crippen LogP contribution in [0, 0.1) is 23.2 Å². The number of hydrogen-bond acceptors (Lipinski definition) is 5. The zero-order valence-corrected chi connectivity index (χ0v) is 14.3. The number of rotatable bonds is 3. The van der Waals surface area contributed by atoms with Crippen LogP contribution in [0.5, 0.6) is 0 Å². The number of carbonyl (C=O) groups excluding carboxylic acids is 1. The van der Waals surface area contributed by atoms with E-state index >= 15 is 0 Å². The van der Waals surface area contributed by atoms with Crippen LogP contribution >= 0.6 is 0 Å². The van der Waals surface area contributed by atoms with Crippen molar-refractivity contribution in [3.63, 3.8) is 0 Å². The minimum atomic E-state index is -0.488. The van der Waals surface area contributed by atoms with E-state index < -0.39 is 6.04 Å². The lowest BCUT2D eigenvalue weighted by Gasteiger charge is -2.32. The van der Waals surface area contributed by atoms with Gasteiger partial charge in [0.25, 0.3) is 5.91 Å². The summed E-state index contributed by atoms with van der Waals surface area (Å²) in [5.74, 6) is 6.50. The molecule has 1 fully saturated rings. The zero-order chi connectivity index (χ0) is 17.6. The lowest BCUT2D eigenvalue weighted by Crippen LogP contribution is -2.52. The van der Waals surface area contributed by atoms with Gasteiger partial charge in [-0.25, -0.2) is 4.99 Å². The van der Waals surface area contributed by atoms with Crippen molar-refractivity contribution in [2.75, 3.05) is 32.7 Å². The summed E-state index contributed by atoms with van der Waals surface area (Å²) in [7, 11) is 0. The van der Waals surface area contributed by atoms with Crippen LogP contribution in [-0.4, -0.2) is 60.4 Å². The third kappa shape index (κ3) is 3.65. The second-order valence-electron chi connectivity index (χ2n) is 6.01. The molecule has 2 heterocycles. The lowest BCUT2D eigenvalue weighted by atomic mass is 10.0. The fraction of sp³-hybridized carbons (Fsp3) is 0.421. The van der Waals surface area contributed by atoms with Crippen LogP contribution in [0.4, 0.5) is 0 Å². The Labute approximate surface area is 148 Å². The molecule has 6 nitrogen and oxygen atoms in total. The second-order valence-corrected chi connectivity index (χ2v) is 6.01. The van der Waals surface area contributed by atoms with Crippen LogP contribution in [0.25, 0.3) is 0 Å². The zero-order valence-electron chi connectivity index (χ0n) is 14.3. The van der Waals surface area contributed by atoms with Crippen LogP contribution in [0.3, 0.4) is 0 Å². The predicted molar refractivity (Wildman–Crippen MR) is 95.7 cm³/mol. The standard InChI is InChI=1S/C19H21N5O/c1-2-3-10-24-18(25)17(13-15-6-4-5-7-16(15)14-20)22-19(24)23-11-8-21-9-12-23/h4-7,17,21H,8-13H2,1H3. The highest BCUT2D eigenvalue weighted by Gasteiger charge is 2.37. The first kappa shape index (κ1) is 17.0. The summed E-state index contributed by atoms with van der Waals surface area (Å²) in [6, 6.07) is 9.08. The Hall–Kier alpha value is -2.83. The van der Waals surface area contributed by atoms with Gasteiger partial charge in [-0.3, -0.25) is 9.69 Å². The first-order valence-electron chi connectivity index (χ1n) is 8.47. The Balaban J connectivity index is 1.85. The first-order valence-corrected chi connectivity index (χ1v) is 8.47. The van der Waals surface area contributed by atoms with E-state index in [9.17, 15) is 10.1 Å². The van der Waals surface area contributed by atoms with E-state index in [0.717, 1.165) is 31.7 Å². The van der Waals surface area contributed by atoms with Crippen LogP contribution < -0.4 is 5.32 Å². The van der Waals surface area contributed by atoms with Crippen LogP contribution in [-0.2, 0) is 11.2 Å². The SMILES string of the molecule is CC#CCN1C(=O)C(Cc2ccccc2C#N)N=C1N1CCNCC1. The highest BCUT2D eigenvalue weighted by atomic mass is 16.2. The number of nitrogens with zero attached hydrogens (tertiary/aromatic N) is 4. The van der Waals surface area contributed by atoms with Gasteiger partial charge in [0.1, 0.15) is 6.04 Å². The number of amides is 1. The van der Waals surface area contributed by atoms with Crippen molar-refractivity contribution in [3.05, 3.63) is 35.4 Å². The summed E-state index contributed by atoms with van der Waals surface area (Å²) in [6.07, 6.45) is 0.439. The monoisotopic (exact) mass is 335 g/mol. The predicted octanol–water partition coefficient (Wildman–Crippen LogP) is 0.596. The number of piperazine rings is 1. The van der Waals surface area contributed by atoms with E-state index in [1.165, 1.54) is 0 Å². The Morgan fingerprint density at radius 1 is 1.32 bits per heavy atom. The highest BCUT2D eigenvalue weighted by Crippen LogP contribution is 2.20. The van der Waals surface area contributed by atoms with Crippen molar-refractivity contribution in [2.45, 2.75) is 19.4 Å². The molecule has 1 amide bonds. The summed E-state index contributed by atoms with van der Waals surface area (Å²) >= 11 is 0. The van der Waals surface area contributed by atoms with Crippen LogP contribution in [0.1, 0.15) is 18.1 Å². The summed E-state index contributed by atoms with van der Waals surface area (Å²) in [6.45, 7) is 5.52. The van der Waals surface area contributed by atoms with Gasteiger partial charge in [-0.1, -0.05) is 24.1 Å². The van der Waals surface area contributed by atoms with E-state index in [1.807, 2.05) is 18.2 Å². The van der Waals surface area contributed by atoms with E-state index in [0.29, 0.717) is 24.5 Å². The van der Waals surface area contributed by atoms with E-state index in [1.54, 1.807) is 17.9 Å². The van der Waals surface area contributed by atoms with Gasteiger partial charge in [-0.05, 0) is 18.6 Å². The van der Waals surface area contributed by atoms with Gasteiger partial charge in [0, 0.05) is 32.6 Å². The Bertz CT molecular complexity index is 777. The number of carbonyl (C=O) groups is 1. The number of guanidine groups is 1. The third-order valence-electron chi connectivity index (χ3n) is 4.43. The molecule has 1 saturated heterocycles. The molecule has 0 bridgehead atoms. The summed E-state index contributed by atoms with van der Waals surface area (Å²) in [5, 5.41) is 12.6. The van der Waals surface area contributed by atoms with Gasteiger partial charge in [0.2, 0.25) is 5.96 Å². The quantitative estimate of drug-likeness (QED) is 0.821. The fourth-order valence-electron chi connectivity index (χ4n) is 3.12. The fourth-order valence-corrected chi connectivity index (χ4v) is 3.12. The normalized spacial score (nSPS) is 19.9. The molecular weight excluding hydrogens is 314 g/mol. The number of hydrogen-bond donors (Lipinski definition) is 1. The molecule has 6 heteroatoms. The average Bonchev–Trinajstić information content (AvgIpc) is 2.97. The van der Waals surface area contributed by atoms with Gasteiger partial charge >= 0.3 is 0 Å².